The zero-order valence-electron chi connectivity index (χ0n) is 7.24. The number of nitrogens with zero attached hydrogens (tertiary/aromatic N) is 1. The number of amides is 1. The first kappa shape index (κ1) is 10.6. The Kier molecular flexibility index (Phi) is 3.19. The summed E-state index contributed by atoms with van der Waals surface area (Å²) in [6.45, 7) is 1.35. The Morgan fingerprint density at radius 2 is 2.21 bits per heavy atom. The molecule has 0 unspecified atom stereocenters. The number of halogens is 1. The van der Waals surface area contributed by atoms with E-state index in [4.69, 9.17) is 5.11 Å². The molecule has 0 spiro atoms. The van der Waals surface area contributed by atoms with Crippen molar-refractivity contribution >= 4 is 33.6 Å². The van der Waals surface area contributed by atoms with Gasteiger partial charge in [-0.1, -0.05) is 0 Å². The molecule has 74 valence electrons. The van der Waals surface area contributed by atoms with Gasteiger partial charge in [0.15, 0.2) is 0 Å². The number of aromatic nitrogens is 1. The van der Waals surface area contributed by atoms with Gasteiger partial charge in [-0.25, -0.2) is 9.78 Å². The molecule has 1 aromatic rings. The predicted molar refractivity (Wildman–Crippen MR) is 53.2 cm³/mol. The number of aromatic carboxylic acids is 1. The van der Waals surface area contributed by atoms with E-state index in [1.165, 1.54) is 19.2 Å². The summed E-state index contributed by atoms with van der Waals surface area (Å²) in [6.07, 6.45) is 1.18. The number of carboxylic acids is 1. The fraction of sp³-hybridized carbons (Fsp3) is 0.125. The zero-order valence-corrected chi connectivity index (χ0v) is 8.83. The number of rotatable bonds is 2. The lowest BCUT2D eigenvalue weighted by Gasteiger charge is -2.03. The van der Waals surface area contributed by atoms with Crippen LogP contribution in [-0.2, 0) is 4.79 Å². The van der Waals surface area contributed by atoms with Crippen molar-refractivity contribution in [3.63, 3.8) is 0 Å². The highest BCUT2D eigenvalue weighted by atomic mass is 79.9. The minimum absolute atomic E-state index is 0.0611. The van der Waals surface area contributed by atoms with Gasteiger partial charge >= 0.3 is 5.97 Å². The van der Waals surface area contributed by atoms with E-state index in [0.29, 0.717) is 10.3 Å². The van der Waals surface area contributed by atoms with Crippen molar-refractivity contribution in [3.8, 4) is 0 Å². The summed E-state index contributed by atoms with van der Waals surface area (Å²) < 4.78 is 0.438. The first-order valence-electron chi connectivity index (χ1n) is 3.67. The Morgan fingerprint density at radius 3 is 2.64 bits per heavy atom. The molecule has 0 aliphatic rings. The molecule has 1 rings (SSSR count). The van der Waals surface area contributed by atoms with Crippen molar-refractivity contribution in [2.24, 2.45) is 0 Å². The number of carboxylic acid groups (broad SMARTS) is 1. The summed E-state index contributed by atoms with van der Waals surface area (Å²) in [5.41, 5.74) is 0.0611. The average molecular weight is 259 g/mol. The fourth-order valence-corrected chi connectivity index (χ4v) is 1.26. The molecule has 0 bridgehead atoms. The van der Waals surface area contributed by atoms with Crippen molar-refractivity contribution in [3.05, 3.63) is 22.3 Å². The van der Waals surface area contributed by atoms with Crippen LogP contribution in [0.2, 0.25) is 0 Å². The first-order chi connectivity index (χ1) is 6.50. The van der Waals surface area contributed by atoms with Crippen molar-refractivity contribution in [2.75, 3.05) is 5.32 Å². The lowest BCUT2D eigenvalue weighted by molar-refractivity contribution is -0.114. The molecule has 1 aromatic heterocycles. The van der Waals surface area contributed by atoms with Gasteiger partial charge in [-0.05, 0) is 22.0 Å². The van der Waals surface area contributed by atoms with Gasteiger partial charge in [-0.2, -0.15) is 0 Å². The van der Waals surface area contributed by atoms with Gasteiger partial charge in [0.25, 0.3) is 0 Å². The summed E-state index contributed by atoms with van der Waals surface area (Å²) in [5, 5.41) is 11.1. The third-order valence-electron chi connectivity index (χ3n) is 1.38. The van der Waals surface area contributed by atoms with Crippen LogP contribution in [0, 0.1) is 0 Å². The lowest BCUT2D eigenvalue weighted by Crippen LogP contribution is -2.09. The maximum atomic E-state index is 10.7. The second-order valence-corrected chi connectivity index (χ2v) is 3.40. The minimum atomic E-state index is -1.06. The highest BCUT2D eigenvalue weighted by Gasteiger charge is 2.08. The van der Waals surface area contributed by atoms with Gasteiger partial charge < -0.3 is 10.4 Å². The molecule has 0 fully saturated rings. The minimum Gasteiger partial charge on any atom is -0.478 e. The van der Waals surface area contributed by atoms with Gasteiger partial charge in [-0.15, -0.1) is 0 Å². The van der Waals surface area contributed by atoms with Crippen molar-refractivity contribution in [1.29, 1.82) is 0 Å². The van der Waals surface area contributed by atoms with Crippen LogP contribution in [0.15, 0.2) is 16.7 Å². The molecule has 0 saturated carbocycles. The van der Waals surface area contributed by atoms with E-state index in [1.54, 1.807) is 0 Å². The van der Waals surface area contributed by atoms with Crippen molar-refractivity contribution in [1.82, 2.24) is 4.98 Å². The molecule has 0 radical (unpaired) electrons. The zero-order chi connectivity index (χ0) is 10.7. The highest BCUT2D eigenvalue weighted by molar-refractivity contribution is 9.10. The van der Waals surface area contributed by atoms with Gasteiger partial charge in [0.05, 0.1) is 10.0 Å². The van der Waals surface area contributed by atoms with E-state index < -0.39 is 5.97 Å². The molecule has 1 amide bonds. The summed E-state index contributed by atoms with van der Waals surface area (Å²) in [5.74, 6) is -1.02. The molecular formula is C8H7BrN2O3. The van der Waals surface area contributed by atoms with Gasteiger partial charge in [0.1, 0.15) is 5.82 Å². The van der Waals surface area contributed by atoms with Crippen LogP contribution in [0.4, 0.5) is 5.82 Å². The third kappa shape index (κ3) is 2.53. The highest BCUT2D eigenvalue weighted by Crippen LogP contribution is 2.20. The molecule has 0 saturated heterocycles. The molecular weight excluding hydrogens is 252 g/mol. The van der Waals surface area contributed by atoms with E-state index in [1.807, 2.05) is 0 Å². The first-order valence-corrected chi connectivity index (χ1v) is 4.46. The fourth-order valence-electron chi connectivity index (χ4n) is 0.814. The number of nitrogens with one attached hydrogen (secondary N) is 1. The van der Waals surface area contributed by atoms with Crippen LogP contribution in [-0.4, -0.2) is 22.0 Å². The van der Waals surface area contributed by atoms with E-state index in [2.05, 4.69) is 26.2 Å². The van der Waals surface area contributed by atoms with Crippen LogP contribution in [0.5, 0.6) is 0 Å². The second kappa shape index (κ2) is 4.19. The standard InChI is InChI=1S/C8H7BrN2O3/c1-4(12)11-7-6(9)2-5(3-10-7)8(13)14/h2-3H,1H3,(H,13,14)(H,10,11,12). The maximum absolute atomic E-state index is 10.7. The maximum Gasteiger partial charge on any atom is 0.337 e. The largest absolute Gasteiger partial charge is 0.478 e. The summed E-state index contributed by atoms with van der Waals surface area (Å²) in [6, 6.07) is 1.38. The van der Waals surface area contributed by atoms with E-state index in [9.17, 15) is 9.59 Å². The van der Waals surface area contributed by atoms with Crippen molar-refractivity contribution in [2.45, 2.75) is 6.92 Å². The smallest absolute Gasteiger partial charge is 0.337 e. The van der Waals surface area contributed by atoms with Crippen LogP contribution in [0.1, 0.15) is 17.3 Å². The second-order valence-electron chi connectivity index (χ2n) is 2.54. The summed E-state index contributed by atoms with van der Waals surface area (Å²) >= 11 is 3.10. The molecule has 0 aliphatic heterocycles. The Labute approximate surface area is 88.3 Å². The topological polar surface area (TPSA) is 79.3 Å². The third-order valence-corrected chi connectivity index (χ3v) is 1.99. The number of anilines is 1. The normalized spacial score (nSPS) is 9.57. The Hall–Kier alpha value is -1.43. The number of hydrogen-bond acceptors (Lipinski definition) is 3. The number of carbonyl (C=O) groups is 2. The van der Waals surface area contributed by atoms with E-state index >= 15 is 0 Å². The Morgan fingerprint density at radius 1 is 1.57 bits per heavy atom. The molecule has 0 aliphatic carbocycles. The van der Waals surface area contributed by atoms with Crippen molar-refractivity contribution < 1.29 is 14.7 Å². The number of carbonyl (C=O) groups excluding carboxylic acids is 1. The number of pyridine rings is 1. The summed E-state index contributed by atoms with van der Waals surface area (Å²) in [4.78, 5) is 25.0. The quantitative estimate of drug-likeness (QED) is 0.843. The molecule has 0 atom stereocenters. The van der Waals surface area contributed by atoms with Crippen LogP contribution in [0.3, 0.4) is 0 Å². The number of hydrogen-bond donors (Lipinski definition) is 2. The van der Waals surface area contributed by atoms with Gasteiger partial charge in [-0.3, -0.25) is 4.79 Å². The van der Waals surface area contributed by atoms with E-state index in [-0.39, 0.29) is 11.5 Å². The monoisotopic (exact) mass is 258 g/mol. The Balaban J connectivity index is 3.01. The SMILES string of the molecule is CC(=O)Nc1ncc(C(=O)O)cc1Br. The van der Waals surface area contributed by atoms with Crippen LogP contribution < -0.4 is 5.32 Å². The molecule has 1 heterocycles. The molecule has 0 aromatic carbocycles. The van der Waals surface area contributed by atoms with Gasteiger partial charge in [0, 0.05) is 13.1 Å². The summed E-state index contributed by atoms with van der Waals surface area (Å²) in [7, 11) is 0. The lowest BCUT2D eigenvalue weighted by atomic mass is 10.3. The average Bonchev–Trinajstić information content (AvgIpc) is 2.07. The van der Waals surface area contributed by atoms with Crippen LogP contribution in [0.25, 0.3) is 0 Å². The molecule has 14 heavy (non-hydrogen) atoms. The Bertz CT molecular complexity index is 392. The van der Waals surface area contributed by atoms with E-state index in [0.717, 1.165) is 0 Å². The van der Waals surface area contributed by atoms with Gasteiger partial charge in [0.2, 0.25) is 5.91 Å². The van der Waals surface area contributed by atoms with Crippen LogP contribution >= 0.6 is 15.9 Å². The molecule has 2 N–H and O–H groups in total. The molecule has 6 heteroatoms. The predicted octanol–water partition coefficient (Wildman–Crippen LogP) is 1.50. The molecule has 5 nitrogen and oxygen atoms in total.